The van der Waals surface area contributed by atoms with Crippen LogP contribution >= 0.6 is 11.3 Å². The predicted molar refractivity (Wildman–Crippen MR) is 52.5 cm³/mol. The highest BCUT2D eigenvalue weighted by atomic mass is 32.1. The van der Waals surface area contributed by atoms with Crippen molar-refractivity contribution in [2.24, 2.45) is 0 Å². The predicted octanol–water partition coefficient (Wildman–Crippen LogP) is 2.70. The molecule has 0 bridgehead atoms. The van der Waals surface area contributed by atoms with Crippen LogP contribution in [0.3, 0.4) is 0 Å². The first-order valence-corrected chi connectivity index (χ1v) is 4.72. The number of rotatable bonds is 1. The normalized spacial score (nSPS) is 10.8. The molecule has 62 valence electrons. The maximum Gasteiger partial charge on any atom is 0.0774 e. The van der Waals surface area contributed by atoms with Gasteiger partial charge in [0.1, 0.15) is 0 Å². The minimum atomic E-state index is 0.152. The van der Waals surface area contributed by atoms with Crippen molar-refractivity contribution >= 4 is 21.4 Å². The molecule has 0 fully saturated rings. The highest BCUT2D eigenvalue weighted by Gasteiger charge is 2.01. The Labute approximate surface area is 75.3 Å². The first-order chi connectivity index (χ1) is 5.81. The van der Waals surface area contributed by atoms with Gasteiger partial charge in [-0.05, 0) is 30.0 Å². The summed E-state index contributed by atoms with van der Waals surface area (Å²) in [6.45, 7) is 2.25. The summed E-state index contributed by atoms with van der Waals surface area (Å²) >= 11 is 1.66. The minimum Gasteiger partial charge on any atom is -0.391 e. The molecule has 1 heterocycles. The molecule has 0 aliphatic carbocycles. The molecule has 1 aromatic carbocycles. The molecular weight excluding hydrogens is 168 g/mol. The first-order valence-electron chi connectivity index (χ1n) is 3.90. The number of benzene rings is 1. The fraction of sp³-hybridized carbons (Fsp3) is 0.200. The van der Waals surface area contributed by atoms with Gasteiger partial charge in [-0.1, -0.05) is 12.1 Å². The summed E-state index contributed by atoms with van der Waals surface area (Å²) in [4.78, 5) is 1.04. The maximum atomic E-state index is 8.94. The topological polar surface area (TPSA) is 20.2 Å². The third-order valence-electron chi connectivity index (χ3n) is 1.99. The number of aliphatic hydroxyl groups excluding tert-OH is 1. The summed E-state index contributed by atoms with van der Waals surface area (Å²) in [6, 6.07) is 8.30. The SMILES string of the molecule is Cc1cccc2sc(CO)cc12. The van der Waals surface area contributed by atoms with Crippen molar-refractivity contribution in [2.45, 2.75) is 13.5 Å². The number of aryl methyl sites for hydroxylation is 1. The maximum absolute atomic E-state index is 8.94. The monoisotopic (exact) mass is 178 g/mol. The Balaban J connectivity index is 2.74. The van der Waals surface area contributed by atoms with Crippen molar-refractivity contribution in [1.82, 2.24) is 0 Å². The van der Waals surface area contributed by atoms with E-state index in [0.29, 0.717) is 0 Å². The van der Waals surface area contributed by atoms with E-state index in [2.05, 4.69) is 31.2 Å². The van der Waals surface area contributed by atoms with Crippen LogP contribution in [0.5, 0.6) is 0 Å². The fourth-order valence-electron chi connectivity index (χ4n) is 1.34. The van der Waals surface area contributed by atoms with Crippen LogP contribution in [0, 0.1) is 6.92 Å². The zero-order valence-electron chi connectivity index (χ0n) is 6.87. The molecular formula is C10H10OS. The molecule has 1 N–H and O–H groups in total. The molecule has 0 amide bonds. The Morgan fingerprint density at radius 1 is 1.42 bits per heavy atom. The van der Waals surface area contributed by atoms with Gasteiger partial charge < -0.3 is 5.11 Å². The smallest absolute Gasteiger partial charge is 0.0774 e. The highest BCUT2D eigenvalue weighted by molar-refractivity contribution is 7.19. The molecule has 0 radical (unpaired) electrons. The largest absolute Gasteiger partial charge is 0.391 e. The molecule has 1 aromatic heterocycles. The van der Waals surface area contributed by atoms with Crippen LogP contribution in [0.1, 0.15) is 10.4 Å². The molecule has 0 atom stereocenters. The molecule has 0 unspecified atom stereocenters. The second-order valence-corrected chi connectivity index (χ2v) is 4.03. The van der Waals surface area contributed by atoms with Gasteiger partial charge in [-0.3, -0.25) is 0 Å². The third-order valence-corrected chi connectivity index (χ3v) is 3.07. The standard InChI is InChI=1S/C10H10OS/c1-7-3-2-4-10-9(7)5-8(6-11)12-10/h2-5,11H,6H2,1H3. The van der Waals surface area contributed by atoms with Crippen LogP contribution in [-0.2, 0) is 6.61 Å². The zero-order valence-corrected chi connectivity index (χ0v) is 7.69. The van der Waals surface area contributed by atoms with E-state index < -0.39 is 0 Å². The average molecular weight is 178 g/mol. The number of aliphatic hydroxyl groups is 1. The minimum absolute atomic E-state index is 0.152. The van der Waals surface area contributed by atoms with E-state index in [4.69, 9.17) is 5.11 Å². The molecule has 1 nitrogen and oxygen atoms in total. The van der Waals surface area contributed by atoms with Gasteiger partial charge in [0, 0.05) is 9.58 Å². The van der Waals surface area contributed by atoms with Gasteiger partial charge in [0.05, 0.1) is 6.61 Å². The van der Waals surface area contributed by atoms with Crippen LogP contribution in [-0.4, -0.2) is 5.11 Å². The molecule has 2 rings (SSSR count). The molecule has 2 heteroatoms. The summed E-state index contributed by atoms with van der Waals surface area (Å²) in [5.74, 6) is 0. The number of hydrogen-bond donors (Lipinski definition) is 1. The Morgan fingerprint density at radius 2 is 2.25 bits per heavy atom. The molecule has 12 heavy (non-hydrogen) atoms. The van der Waals surface area contributed by atoms with Gasteiger partial charge in [-0.25, -0.2) is 0 Å². The van der Waals surface area contributed by atoms with Gasteiger partial charge in [-0.15, -0.1) is 11.3 Å². The molecule has 0 aliphatic heterocycles. The number of fused-ring (bicyclic) bond motifs is 1. The lowest BCUT2D eigenvalue weighted by Crippen LogP contribution is -1.72. The van der Waals surface area contributed by atoms with E-state index in [0.717, 1.165) is 4.88 Å². The van der Waals surface area contributed by atoms with Gasteiger partial charge in [0.2, 0.25) is 0 Å². The van der Waals surface area contributed by atoms with Crippen molar-refractivity contribution < 1.29 is 5.11 Å². The van der Waals surface area contributed by atoms with Crippen molar-refractivity contribution in [3.63, 3.8) is 0 Å². The average Bonchev–Trinajstić information content (AvgIpc) is 2.49. The van der Waals surface area contributed by atoms with Crippen molar-refractivity contribution in [2.75, 3.05) is 0 Å². The lowest BCUT2D eigenvalue weighted by atomic mass is 10.1. The van der Waals surface area contributed by atoms with E-state index in [1.165, 1.54) is 15.6 Å². The summed E-state index contributed by atoms with van der Waals surface area (Å²) in [6.07, 6.45) is 0. The van der Waals surface area contributed by atoms with Gasteiger partial charge in [-0.2, -0.15) is 0 Å². The summed E-state index contributed by atoms with van der Waals surface area (Å²) < 4.78 is 1.26. The van der Waals surface area contributed by atoms with Crippen LogP contribution in [0.4, 0.5) is 0 Å². The van der Waals surface area contributed by atoms with Crippen molar-refractivity contribution in [3.8, 4) is 0 Å². The van der Waals surface area contributed by atoms with E-state index in [1.807, 2.05) is 0 Å². The quantitative estimate of drug-likeness (QED) is 0.711. The highest BCUT2D eigenvalue weighted by Crippen LogP contribution is 2.27. The second kappa shape index (κ2) is 2.88. The first kappa shape index (κ1) is 7.77. The fourth-order valence-corrected chi connectivity index (χ4v) is 2.34. The number of thiophene rings is 1. The lowest BCUT2D eigenvalue weighted by molar-refractivity contribution is 0.285. The number of hydrogen-bond acceptors (Lipinski definition) is 2. The lowest BCUT2D eigenvalue weighted by Gasteiger charge is -1.91. The van der Waals surface area contributed by atoms with Gasteiger partial charge >= 0.3 is 0 Å². The van der Waals surface area contributed by atoms with Crippen molar-refractivity contribution in [3.05, 3.63) is 34.7 Å². The Morgan fingerprint density at radius 3 is 2.92 bits per heavy atom. The summed E-state index contributed by atoms with van der Waals surface area (Å²) in [5.41, 5.74) is 1.28. The zero-order chi connectivity index (χ0) is 8.55. The molecule has 2 aromatic rings. The van der Waals surface area contributed by atoms with E-state index >= 15 is 0 Å². The van der Waals surface area contributed by atoms with Gasteiger partial charge in [0.25, 0.3) is 0 Å². The van der Waals surface area contributed by atoms with E-state index in [-0.39, 0.29) is 6.61 Å². The van der Waals surface area contributed by atoms with E-state index in [9.17, 15) is 0 Å². The second-order valence-electron chi connectivity index (χ2n) is 2.86. The molecule has 0 saturated carbocycles. The Bertz CT molecular complexity index is 403. The van der Waals surface area contributed by atoms with Crippen LogP contribution in [0.25, 0.3) is 10.1 Å². The van der Waals surface area contributed by atoms with Crippen LogP contribution < -0.4 is 0 Å². The van der Waals surface area contributed by atoms with Gasteiger partial charge in [0.15, 0.2) is 0 Å². The van der Waals surface area contributed by atoms with Crippen LogP contribution in [0.2, 0.25) is 0 Å². The third kappa shape index (κ3) is 1.13. The summed E-state index contributed by atoms with van der Waals surface area (Å²) in [7, 11) is 0. The Hall–Kier alpha value is -0.860. The van der Waals surface area contributed by atoms with Crippen LogP contribution in [0.15, 0.2) is 24.3 Å². The molecule has 0 aliphatic rings. The van der Waals surface area contributed by atoms with E-state index in [1.54, 1.807) is 11.3 Å². The molecule has 0 saturated heterocycles. The van der Waals surface area contributed by atoms with Crippen molar-refractivity contribution in [1.29, 1.82) is 0 Å². The summed E-state index contributed by atoms with van der Waals surface area (Å²) in [5, 5.41) is 10.2. The Kier molecular flexibility index (Phi) is 1.87. The molecule has 0 spiro atoms.